The van der Waals surface area contributed by atoms with Crippen molar-refractivity contribution in [3.05, 3.63) is 0 Å². The monoisotopic (exact) mass is 170 g/mol. The van der Waals surface area contributed by atoms with E-state index in [0.29, 0.717) is 0 Å². The van der Waals surface area contributed by atoms with Gasteiger partial charge in [-0.25, -0.2) is 0 Å². The van der Waals surface area contributed by atoms with Gasteiger partial charge >= 0.3 is 0 Å². The molecule has 2 nitrogen and oxygen atoms in total. The molecule has 2 aliphatic rings. The summed E-state index contributed by atoms with van der Waals surface area (Å²) in [6.45, 7) is 2.25. The topological polar surface area (TPSA) is 25.1 Å². The SMILES string of the molecule is CCCCCCCCC12OC1O2. The van der Waals surface area contributed by atoms with Crippen LogP contribution in [0.25, 0.3) is 0 Å². The fraction of sp³-hybridized carbons (Fsp3) is 1.00. The van der Waals surface area contributed by atoms with E-state index in [0.717, 1.165) is 6.42 Å². The fourth-order valence-electron chi connectivity index (χ4n) is 1.69. The molecule has 0 atom stereocenters. The molecule has 0 amide bonds. The molecule has 0 saturated carbocycles. The summed E-state index contributed by atoms with van der Waals surface area (Å²) in [5.74, 6) is -0.0369. The van der Waals surface area contributed by atoms with E-state index < -0.39 is 0 Å². The summed E-state index contributed by atoms with van der Waals surface area (Å²) in [5.41, 5.74) is 0. The first-order valence-electron chi connectivity index (χ1n) is 5.23. The van der Waals surface area contributed by atoms with Gasteiger partial charge in [0.25, 0.3) is 0 Å². The van der Waals surface area contributed by atoms with E-state index in [1.807, 2.05) is 0 Å². The Morgan fingerprint density at radius 2 is 1.58 bits per heavy atom. The van der Waals surface area contributed by atoms with Crippen molar-refractivity contribution in [2.24, 2.45) is 0 Å². The quantitative estimate of drug-likeness (QED) is 0.433. The van der Waals surface area contributed by atoms with Crippen molar-refractivity contribution in [2.45, 2.75) is 63.9 Å². The second kappa shape index (κ2) is 3.35. The average Bonchev–Trinajstić information content (AvgIpc) is 2.84. The predicted molar refractivity (Wildman–Crippen MR) is 46.7 cm³/mol. The molecule has 0 aromatic heterocycles. The molecule has 2 saturated heterocycles. The van der Waals surface area contributed by atoms with Gasteiger partial charge in [0.2, 0.25) is 12.1 Å². The van der Waals surface area contributed by atoms with Gasteiger partial charge in [0, 0.05) is 6.42 Å². The van der Waals surface area contributed by atoms with Crippen LogP contribution in [0, 0.1) is 0 Å². The first kappa shape index (κ1) is 8.52. The van der Waals surface area contributed by atoms with Gasteiger partial charge in [0.05, 0.1) is 0 Å². The summed E-state index contributed by atoms with van der Waals surface area (Å²) in [6, 6.07) is 0. The molecule has 0 bridgehead atoms. The minimum atomic E-state index is -0.0369. The summed E-state index contributed by atoms with van der Waals surface area (Å²) in [5, 5.41) is 0. The number of epoxide rings is 2. The highest BCUT2D eigenvalue weighted by Crippen LogP contribution is 2.59. The number of fused-ring (bicyclic) bond motifs is 1. The molecule has 70 valence electrons. The molecule has 0 radical (unpaired) electrons. The maximum absolute atomic E-state index is 5.20. The Morgan fingerprint density at radius 1 is 1.00 bits per heavy atom. The van der Waals surface area contributed by atoms with Gasteiger partial charge < -0.3 is 9.47 Å². The molecule has 0 aromatic carbocycles. The van der Waals surface area contributed by atoms with Gasteiger partial charge in [-0.3, -0.25) is 0 Å². The second-order valence-corrected chi connectivity index (χ2v) is 3.90. The Labute approximate surface area is 74.2 Å². The zero-order valence-corrected chi connectivity index (χ0v) is 7.84. The third kappa shape index (κ3) is 1.80. The van der Waals surface area contributed by atoms with E-state index in [9.17, 15) is 0 Å². The maximum atomic E-state index is 5.20. The van der Waals surface area contributed by atoms with Crippen molar-refractivity contribution in [3.63, 3.8) is 0 Å². The van der Waals surface area contributed by atoms with Crippen LogP contribution < -0.4 is 0 Å². The van der Waals surface area contributed by atoms with E-state index >= 15 is 0 Å². The molecule has 2 heterocycles. The van der Waals surface area contributed by atoms with Crippen LogP contribution in [-0.2, 0) is 9.47 Å². The van der Waals surface area contributed by atoms with Crippen molar-refractivity contribution in [2.75, 3.05) is 0 Å². The van der Waals surface area contributed by atoms with Gasteiger partial charge in [-0.05, 0) is 6.42 Å². The number of hydrogen-bond donors (Lipinski definition) is 0. The minimum absolute atomic E-state index is 0.0369. The zero-order valence-electron chi connectivity index (χ0n) is 7.84. The van der Waals surface area contributed by atoms with Crippen LogP contribution in [0.1, 0.15) is 51.9 Å². The lowest BCUT2D eigenvalue weighted by atomic mass is 10.1. The molecule has 0 aromatic rings. The predicted octanol–water partition coefficient (Wildman–Crippen LogP) is 2.82. The number of unbranched alkanes of at least 4 members (excludes halogenated alkanes) is 5. The summed E-state index contributed by atoms with van der Waals surface area (Å²) in [4.78, 5) is 0. The lowest BCUT2D eigenvalue weighted by molar-refractivity contribution is -0.0542. The number of hydrogen-bond acceptors (Lipinski definition) is 2. The molecule has 2 rings (SSSR count). The lowest BCUT2D eigenvalue weighted by Gasteiger charge is -2.00. The maximum Gasteiger partial charge on any atom is 0.225 e. The van der Waals surface area contributed by atoms with Crippen molar-refractivity contribution in [1.82, 2.24) is 0 Å². The zero-order chi connectivity index (χ0) is 8.44. The number of rotatable bonds is 7. The first-order valence-corrected chi connectivity index (χ1v) is 5.23. The van der Waals surface area contributed by atoms with Crippen LogP contribution in [0.15, 0.2) is 0 Å². The summed E-state index contributed by atoms with van der Waals surface area (Å²) in [6.07, 6.45) is 9.47. The lowest BCUT2D eigenvalue weighted by Crippen LogP contribution is -1.97. The van der Waals surface area contributed by atoms with Crippen LogP contribution in [0.4, 0.5) is 0 Å². The van der Waals surface area contributed by atoms with Gasteiger partial charge in [-0.15, -0.1) is 0 Å². The van der Waals surface area contributed by atoms with Gasteiger partial charge in [-0.2, -0.15) is 0 Å². The molecular weight excluding hydrogens is 152 g/mol. The smallest absolute Gasteiger partial charge is 0.225 e. The van der Waals surface area contributed by atoms with Gasteiger partial charge in [0.1, 0.15) is 0 Å². The molecule has 0 spiro atoms. The molecule has 2 aliphatic heterocycles. The van der Waals surface area contributed by atoms with E-state index in [1.54, 1.807) is 0 Å². The number of ether oxygens (including phenoxy) is 2. The van der Waals surface area contributed by atoms with Crippen LogP contribution in [-0.4, -0.2) is 12.1 Å². The van der Waals surface area contributed by atoms with Crippen LogP contribution in [0.5, 0.6) is 0 Å². The second-order valence-electron chi connectivity index (χ2n) is 3.90. The van der Waals surface area contributed by atoms with Crippen molar-refractivity contribution >= 4 is 0 Å². The Bertz CT molecular complexity index is 150. The highest BCUT2D eigenvalue weighted by atomic mass is 17.0. The third-order valence-corrected chi connectivity index (χ3v) is 2.74. The Balaban J connectivity index is 1.37. The fourth-order valence-corrected chi connectivity index (χ4v) is 1.69. The molecule has 0 aliphatic carbocycles. The normalized spacial score (nSPS) is 36.2. The van der Waals surface area contributed by atoms with E-state index in [2.05, 4.69) is 6.92 Å². The summed E-state index contributed by atoms with van der Waals surface area (Å²) in [7, 11) is 0. The molecule has 2 heteroatoms. The molecule has 12 heavy (non-hydrogen) atoms. The van der Waals surface area contributed by atoms with Gasteiger partial charge in [0.15, 0.2) is 0 Å². The Morgan fingerprint density at radius 3 is 2.17 bits per heavy atom. The molecule has 0 N–H and O–H groups in total. The van der Waals surface area contributed by atoms with Crippen LogP contribution in [0.2, 0.25) is 0 Å². The van der Waals surface area contributed by atoms with E-state index in [4.69, 9.17) is 9.47 Å². The van der Waals surface area contributed by atoms with Crippen molar-refractivity contribution in [1.29, 1.82) is 0 Å². The molecular formula is C10H18O2. The summed E-state index contributed by atoms with van der Waals surface area (Å²) >= 11 is 0. The Kier molecular flexibility index (Phi) is 2.37. The van der Waals surface area contributed by atoms with Crippen LogP contribution >= 0.6 is 0 Å². The molecule has 2 fully saturated rings. The van der Waals surface area contributed by atoms with E-state index in [1.165, 1.54) is 38.5 Å². The standard InChI is InChI=1S/C10H18O2/c1-2-3-4-5-6-7-8-10-9(11-10)12-10/h9H,2-8H2,1H3. The third-order valence-electron chi connectivity index (χ3n) is 2.74. The Hall–Kier alpha value is -0.0800. The van der Waals surface area contributed by atoms with Crippen molar-refractivity contribution in [3.8, 4) is 0 Å². The highest BCUT2D eigenvalue weighted by molar-refractivity contribution is 5.02. The average molecular weight is 170 g/mol. The largest absolute Gasteiger partial charge is 0.310 e. The first-order chi connectivity index (χ1) is 5.87. The van der Waals surface area contributed by atoms with Gasteiger partial charge in [-0.1, -0.05) is 39.0 Å². The van der Waals surface area contributed by atoms with E-state index in [-0.39, 0.29) is 12.1 Å². The van der Waals surface area contributed by atoms with Crippen molar-refractivity contribution < 1.29 is 9.47 Å². The minimum Gasteiger partial charge on any atom is -0.310 e. The highest BCUT2D eigenvalue weighted by Gasteiger charge is 2.76. The molecule has 0 unspecified atom stereocenters. The summed E-state index contributed by atoms with van der Waals surface area (Å²) < 4.78 is 10.4. The van der Waals surface area contributed by atoms with Crippen LogP contribution in [0.3, 0.4) is 0 Å².